The highest BCUT2D eigenvalue weighted by molar-refractivity contribution is 9.10. The number of amides is 3. The third-order valence-corrected chi connectivity index (χ3v) is 5.11. The first-order chi connectivity index (χ1) is 13.8. The quantitative estimate of drug-likeness (QED) is 0.596. The molecule has 3 aromatic rings. The second kappa shape index (κ2) is 7.03. The van der Waals surface area contributed by atoms with Crippen molar-refractivity contribution in [1.29, 1.82) is 0 Å². The van der Waals surface area contributed by atoms with Crippen LogP contribution in [-0.2, 0) is 16.9 Å². The molecule has 1 fully saturated rings. The number of hydrogen-bond acceptors (Lipinski definition) is 5. The number of halogens is 3. The molecule has 1 unspecified atom stereocenters. The molecule has 10 heteroatoms. The van der Waals surface area contributed by atoms with Gasteiger partial charge in [0.25, 0.3) is 5.91 Å². The van der Waals surface area contributed by atoms with E-state index in [9.17, 15) is 18.4 Å². The molecule has 2 aromatic carbocycles. The fraction of sp³-hybridized carbons (Fsp3) is 0.158. The van der Waals surface area contributed by atoms with Crippen molar-refractivity contribution in [1.82, 2.24) is 20.4 Å². The zero-order chi connectivity index (χ0) is 20.8. The summed E-state index contributed by atoms with van der Waals surface area (Å²) >= 11 is 3.35. The molecule has 1 aliphatic heterocycles. The Kier molecular flexibility index (Phi) is 4.65. The van der Waals surface area contributed by atoms with Gasteiger partial charge in [-0.3, -0.25) is 9.69 Å². The Morgan fingerprint density at radius 2 is 1.97 bits per heavy atom. The summed E-state index contributed by atoms with van der Waals surface area (Å²) in [5.74, 6) is -2.44. The minimum Gasteiger partial charge on any atom is -0.337 e. The Balaban J connectivity index is 1.58. The second-order valence-corrected chi connectivity index (χ2v) is 7.51. The number of nitrogens with one attached hydrogen (secondary N) is 1. The van der Waals surface area contributed by atoms with E-state index in [1.807, 2.05) is 6.07 Å². The normalized spacial score (nSPS) is 19.0. The van der Waals surface area contributed by atoms with Gasteiger partial charge in [-0.2, -0.15) is 4.98 Å². The van der Waals surface area contributed by atoms with Crippen LogP contribution in [0.2, 0.25) is 0 Å². The van der Waals surface area contributed by atoms with Crippen molar-refractivity contribution >= 4 is 27.9 Å². The molecule has 148 valence electrons. The van der Waals surface area contributed by atoms with Gasteiger partial charge in [0.15, 0.2) is 11.6 Å². The highest BCUT2D eigenvalue weighted by Crippen LogP contribution is 2.31. The van der Waals surface area contributed by atoms with E-state index in [1.54, 1.807) is 18.2 Å². The molecule has 29 heavy (non-hydrogen) atoms. The van der Waals surface area contributed by atoms with Crippen LogP contribution in [0.4, 0.5) is 13.6 Å². The maximum Gasteiger partial charge on any atom is 0.325 e. The lowest BCUT2D eigenvalue weighted by Gasteiger charge is -2.22. The molecule has 7 nitrogen and oxygen atoms in total. The number of rotatable bonds is 4. The van der Waals surface area contributed by atoms with Crippen molar-refractivity contribution in [3.63, 3.8) is 0 Å². The van der Waals surface area contributed by atoms with Crippen LogP contribution >= 0.6 is 15.9 Å². The molecule has 1 saturated heterocycles. The van der Waals surface area contributed by atoms with Crippen molar-refractivity contribution in [3.05, 3.63) is 70.0 Å². The molecule has 3 amide bonds. The maximum absolute atomic E-state index is 13.6. The predicted molar refractivity (Wildman–Crippen MR) is 100 cm³/mol. The van der Waals surface area contributed by atoms with Gasteiger partial charge in [0.2, 0.25) is 11.7 Å². The van der Waals surface area contributed by atoms with E-state index in [0.717, 1.165) is 21.5 Å². The topological polar surface area (TPSA) is 88.3 Å². The van der Waals surface area contributed by atoms with Gasteiger partial charge in [-0.15, -0.1) is 0 Å². The molecule has 2 heterocycles. The first kappa shape index (κ1) is 19.2. The van der Waals surface area contributed by atoms with Crippen LogP contribution in [0.5, 0.6) is 0 Å². The van der Waals surface area contributed by atoms with Crippen LogP contribution in [0, 0.1) is 11.6 Å². The van der Waals surface area contributed by atoms with E-state index >= 15 is 0 Å². The Hall–Kier alpha value is -3.14. The van der Waals surface area contributed by atoms with Gasteiger partial charge in [0.1, 0.15) is 12.1 Å². The molecular weight excluding hydrogens is 450 g/mol. The lowest BCUT2D eigenvalue weighted by atomic mass is 9.92. The smallest absolute Gasteiger partial charge is 0.325 e. The van der Waals surface area contributed by atoms with E-state index in [-0.39, 0.29) is 18.0 Å². The third-order valence-electron chi connectivity index (χ3n) is 4.62. The van der Waals surface area contributed by atoms with Crippen molar-refractivity contribution in [3.8, 4) is 11.4 Å². The van der Waals surface area contributed by atoms with E-state index in [4.69, 9.17) is 4.52 Å². The summed E-state index contributed by atoms with van der Waals surface area (Å²) in [6.07, 6.45) is 0. The van der Waals surface area contributed by atoms with E-state index in [0.29, 0.717) is 11.4 Å². The number of hydrogen-bond donors (Lipinski definition) is 1. The van der Waals surface area contributed by atoms with E-state index < -0.39 is 29.1 Å². The minimum absolute atomic E-state index is 0.0537. The molecule has 1 atom stereocenters. The van der Waals surface area contributed by atoms with Crippen LogP contribution in [0.15, 0.2) is 51.5 Å². The first-order valence-corrected chi connectivity index (χ1v) is 9.25. The van der Waals surface area contributed by atoms with Gasteiger partial charge in [0.05, 0.1) is 0 Å². The molecule has 1 N–H and O–H groups in total. The Bertz CT molecular complexity index is 1140. The minimum atomic E-state index is -1.54. The first-order valence-electron chi connectivity index (χ1n) is 8.46. The fourth-order valence-electron chi connectivity index (χ4n) is 3.04. The molecule has 0 spiro atoms. The summed E-state index contributed by atoms with van der Waals surface area (Å²) in [5.41, 5.74) is -0.727. The predicted octanol–water partition coefficient (Wildman–Crippen LogP) is 3.74. The van der Waals surface area contributed by atoms with Crippen molar-refractivity contribution < 1.29 is 22.9 Å². The van der Waals surface area contributed by atoms with Crippen LogP contribution in [0.25, 0.3) is 11.4 Å². The van der Waals surface area contributed by atoms with Gasteiger partial charge in [-0.05, 0) is 36.8 Å². The van der Waals surface area contributed by atoms with Crippen molar-refractivity contribution in [2.45, 2.75) is 19.0 Å². The van der Waals surface area contributed by atoms with Crippen molar-refractivity contribution in [2.75, 3.05) is 0 Å². The third kappa shape index (κ3) is 3.39. The second-order valence-electron chi connectivity index (χ2n) is 6.60. The zero-order valence-electron chi connectivity index (χ0n) is 14.9. The Morgan fingerprint density at radius 1 is 1.17 bits per heavy atom. The number of aromatic nitrogens is 2. The van der Waals surface area contributed by atoms with Gasteiger partial charge in [-0.25, -0.2) is 13.6 Å². The molecular formula is C19H13BrF2N4O3. The number of benzene rings is 2. The highest BCUT2D eigenvalue weighted by Gasteiger charge is 2.49. The molecule has 1 aromatic heterocycles. The number of nitrogens with zero attached hydrogens (tertiary/aromatic N) is 3. The lowest BCUT2D eigenvalue weighted by molar-refractivity contribution is -0.131. The molecule has 1 aliphatic rings. The molecule has 0 bridgehead atoms. The summed E-state index contributed by atoms with van der Waals surface area (Å²) in [7, 11) is 0. The van der Waals surface area contributed by atoms with Crippen LogP contribution < -0.4 is 5.32 Å². The van der Waals surface area contributed by atoms with Crippen LogP contribution in [0.3, 0.4) is 0 Å². The number of urea groups is 1. The standard InChI is InChI=1S/C19H13BrF2N4O3/c1-19(11-5-6-13(21)14(22)8-11)17(27)26(18(28)24-19)9-15-23-16(25-29-15)10-3-2-4-12(20)7-10/h2-8H,9H2,1H3,(H,24,28). The van der Waals surface area contributed by atoms with Crippen molar-refractivity contribution in [2.24, 2.45) is 0 Å². The van der Waals surface area contributed by atoms with E-state index in [1.165, 1.54) is 13.0 Å². The van der Waals surface area contributed by atoms with E-state index in [2.05, 4.69) is 31.4 Å². The summed E-state index contributed by atoms with van der Waals surface area (Å²) in [5, 5.41) is 6.38. The zero-order valence-corrected chi connectivity index (χ0v) is 16.5. The van der Waals surface area contributed by atoms with Gasteiger partial charge < -0.3 is 9.84 Å². The fourth-order valence-corrected chi connectivity index (χ4v) is 3.44. The summed E-state index contributed by atoms with van der Waals surface area (Å²) in [6.45, 7) is 1.16. The van der Waals surface area contributed by atoms with Gasteiger partial charge in [0, 0.05) is 10.0 Å². The molecule has 4 rings (SSSR count). The van der Waals surface area contributed by atoms with Crippen LogP contribution in [-0.4, -0.2) is 27.0 Å². The molecule has 0 radical (unpaired) electrons. The largest absolute Gasteiger partial charge is 0.337 e. The summed E-state index contributed by atoms with van der Waals surface area (Å²) < 4.78 is 32.8. The average molecular weight is 463 g/mol. The van der Waals surface area contributed by atoms with Gasteiger partial charge >= 0.3 is 6.03 Å². The van der Waals surface area contributed by atoms with Gasteiger partial charge in [-0.1, -0.05) is 39.3 Å². The number of imide groups is 1. The average Bonchev–Trinajstić information content (AvgIpc) is 3.23. The van der Waals surface area contributed by atoms with Crippen LogP contribution in [0.1, 0.15) is 18.4 Å². The monoisotopic (exact) mass is 462 g/mol. The maximum atomic E-state index is 13.6. The Morgan fingerprint density at radius 3 is 2.69 bits per heavy atom. The number of carbonyl (C=O) groups is 2. The summed E-state index contributed by atoms with van der Waals surface area (Å²) in [6, 6.07) is 9.56. The number of carbonyl (C=O) groups excluding carboxylic acids is 2. The molecule has 0 saturated carbocycles. The lowest BCUT2D eigenvalue weighted by Crippen LogP contribution is -2.41. The highest BCUT2D eigenvalue weighted by atomic mass is 79.9. The molecule has 0 aliphatic carbocycles. The summed E-state index contributed by atoms with van der Waals surface area (Å²) in [4.78, 5) is 30.4. The SMILES string of the molecule is CC1(c2ccc(F)c(F)c2)NC(=O)N(Cc2nc(-c3cccc(Br)c3)no2)C1=O. The Labute approximate surface area is 171 Å².